The normalized spacial score (nSPS) is 18.9. The third-order valence-corrected chi connectivity index (χ3v) is 8.37. The first-order valence-electron chi connectivity index (χ1n) is 5.58. The Hall–Kier alpha value is 0.423. The van der Waals surface area contributed by atoms with Gasteiger partial charge in [0.25, 0.3) is 0 Å². The monoisotopic (exact) mass is 346 g/mol. The van der Waals surface area contributed by atoms with E-state index in [4.69, 9.17) is 0 Å². The average molecular weight is 348 g/mol. The molecule has 0 aromatic heterocycles. The third kappa shape index (κ3) is 3.46. The standard InChI is InChI=1S/C9H13.C5H5.2ClH.Zr/c1-6-5-7(2)9(4)8(6)3;1-2-4-5-3-1;;;/h5H,1-4H3;1-3H,4H2;2*1H;/q;;;;+2/p-2. The van der Waals surface area contributed by atoms with Crippen LogP contribution in [0.5, 0.6) is 0 Å². The van der Waals surface area contributed by atoms with Gasteiger partial charge in [-0.25, -0.2) is 0 Å². The van der Waals surface area contributed by atoms with E-state index >= 15 is 0 Å². The van der Waals surface area contributed by atoms with Gasteiger partial charge in [0.05, 0.1) is 0 Å². The first kappa shape index (κ1) is 17.4. The summed E-state index contributed by atoms with van der Waals surface area (Å²) < 4.78 is 2.60. The fourth-order valence-electron chi connectivity index (χ4n) is 2.31. The van der Waals surface area contributed by atoms with E-state index in [1.165, 1.54) is 6.42 Å². The van der Waals surface area contributed by atoms with Crippen LogP contribution < -0.4 is 24.8 Å². The van der Waals surface area contributed by atoms with Gasteiger partial charge in [0, 0.05) is 0 Å². The molecule has 2 aliphatic rings. The maximum atomic E-state index is 2.36. The molecule has 0 amide bonds. The maximum absolute atomic E-state index is 2.36. The molecule has 0 saturated carbocycles. The molecule has 0 saturated heterocycles. The molecule has 2 rings (SSSR count). The molecule has 0 heterocycles. The molecule has 0 bridgehead atoms. The van der Waals surface area contributed by atoms with Crippen molar-refractivity contribution in [1.82, 2.24) is 0 Å². The van der Waals surface area contributed by atoms with Gasteiger partial charge in [-0.1, -0.05) is 0 Å². The molecular formula is C14H18Cl2Zr. The average Bonchev–Trinajstić information content (AvgIpc) is 2.79. The summed E-state index contributed by atoms with van der Waals surface area (Å²) in [4.78, 5) is 0. The second-order valence-electron chi connectivity index (χ2n) is 4.52. The van der Waals surface area contributed by atoms with Crippen LogP contribution in [0.15, 0.2) is 43.8 Å². The molecule has 92 valence electrons. The molecule has 2 aliphatic carbocycles. The van der Waals surface area contributed by atoms with Gasteiger partial charge in [0.1, 0.15) is 0 Å². The van der Waals surface area contributed by atoms with Crippen LogP contribution in [-0.4, -0.2) is 0 Å². The molecule has 0 unspecified atom stereocenters. The predicted molar refractivity (Wildman–Crippen MR) is 62.3 cm³/mol. The second-order valence-corrected chi connectivity index (χ2v) is 8.22. The molecule has 0 N–H and O–H groups in total. The number of rotatable bonds is 2. The van der Waals surface area contributed by atoms with Crippen molar-refractivity contribution in [2.75, 3.05) is 0 Å². The van der Waals surface area contributed by atoms with Gasteiger partial charge in [0.2, 0.25) is 0 Å². The van der Waals surface area contributed by atoms with Crippen LogP contribution in [0, 0.1) is 0 Å². The largest absolute Gasteiger partial charge is 1.00 e. The molecule has 3 heteroatoms. The van der Waals surface area contributed by atoms with Crippen LogP contribution >= 0.6 is 0 Å². The fourth-order valence-corrected chi connectivity index (χ4v) is 6.40. The van der Waals surface area contributed by atoms with Crippen LogP contribution in [0.25, 0.3) is 0 Å². The zero-order valence-corrected chi connectivity index (χ0v) is 14.7. The number of hydrogen-bond acceptors (Lipinski definition) is 0. The van der Waals surface area contributed by atoms with Crippen LogP contribution in [0.3, 0.4) is 0 Å². The molecule has 0 spiro atoms. The minimum atomic E-state index is -0.410. The molecule has 0 aromatic carbocycles. The SMILES string of the molecule is CC1=C(C)[CH]([Zr+2][C]2=CC=CC2)C(C)=C1C.[Cl-].[Cl-]. The smallest absolute Gasteiger partial charge is 1.00 e. The van der Waals surface area contributed by atoms with E-state index in [2.05, 4.69) is 45.9 Å². The maximum Gasteiger partial charge on any atom is -1.00 e. The van der Waals surface area contributed by atoms with Crippen LogP contribution in [0.2, 0.25) is 3.63 Å². The summed E-state index contributed by atoms with van der Waals surface area (Å²) in [5, 5.41) is 0. The Morgan fingerprint density at radius 1 is 1.00 bits per heavy atom. The fraction of sp³-hybridized carbons (Fsp3) is 0.429. The van der Waals surface area contributed by atoms with Crippen molar-refractivity contribution in [2.45, 2.75) is 37.7 Å². The summed E-state index contributed by atoms with van der Waals surface area (Å²) in [6.07, 6.45) is 8.11. The first-order valence-corrected chi connectivity index (χ1v) is 8.23. The minimum Gasteiger partial charge on any atom is -1.00 e. The van der Waals surface area contributed by atoms with Gasteiger partial charge in [-0.3, -0.25) is 0 Å². The van der Waals surface area contributed by atoms with Crippen molar-refractivity contribution in [2.24, 2.45) is 0 Å². The molecule has 0 radical (unpaired) electrons. The van der Waals surface area contributed by atoms with Crippen molar-refractivity contribution < 1.29 is 48.0 Å². The second kappa shape index (κ2) is 7.12. The van der Waals surface area contributed by atoms with Crippen molar-refractivity contribution in [3.63, 3.8) is 0 Å². The Balaban J connectivity index is 0.00000128. The van der Waals surface area contributed by atoms with Crippen LogP contribution in [0.1, 0.15) is 34.1 Å². The Labute approximate surface area is 129 Å². The van der Waals surface area contributed by atoms with Gasteiger partial charge >= 0.3 is 105 Å². The molecule has 0 atom stereocenters. The zero-order chi connectivity index (χ0) is 11.0. The number of hydrogen-bond donors (Lipinski definition) is 0. The molecule has 0 aliphatic heterocycles. The minimum absolute atomic E-state index is 0. The Bertz CT molecular complexity index is 390. The quantitative estimate of drug-likeness (QED) is 0.564. The number of halogens is 2. The molecule has 17 heavy (non-hydrogen) atoms. The predicted octanol–water partition coefficient (Wildman–Crippen LogP) is -1.60. The molecule has 0 nitrogen and oxygen atoms in total. The van der Waals surface area contributed by atoms with E-state index in [1.807, 2.05) is 0 Å². The summed E-state index contributed by atoms with van der Waals surface area (Å²) in [5.41, 5.74) is 6.43. The van der Waals surface area contributed by atoms with Crippen LogP contribution in [-0.2, 0) is 23.2 Å². The van der Waals surface area contributed by atoms with Gasteiger partial charge in [-0.15, -0.1) is 0 Å². The summed E-state index contributed by atoms with van der Waals surface area (Å²) in [6.45, 7) is 9.25. The van der Waals surface area contributed by atoms with E-state index in [0.717, 1.165) is 3.63 Å². The summed E-state index contributed by atoms with van der Waals surface area (Å²) in [5.74, 6) is 0. The Kier molecular flexibility index (Phi) is 7.30. The number of allylic oxidation sites excluding steroid dienone is 8. The Morgan fingerprint density at radius 2 is 1.53 bits per heavy atom. The summed E-state index contributed by atoms with van der Waals surface area (Å²) in [7, 11) is 0. The van der Waals surface area contributed by atoms with E-state index in [0.29, 0.717) is 0 Å². The van der Waals surface area contributed by atoms with Gasteiger partial charge in [-0.05, 0) is 0 Å². The topological polar surface area (TPSA) is 0 Å². The van der Waals surface area contributed by atoms with Crippen molar-refractivity contribution >= 4 is 0 Å². The van der Waals surface area contributed by atoms with Crippen molar-refractivity contribution in [3.8, 4) is 0 Å². The van der Waals surface area contributed by atoms with Gasteiger partial charge < -0.3 is 24.8 Å². The van der Waals surface area contributed by atoms with Gasteiger partial charge in [-0.2, -0.15) is 0 Å². The van der Waals surface area contributed by atoms with Gasteiger partial charge in [0.15, 0.2) is 0 Å². The van der Waals surface area contributed by atoms with Crippen molar-refractivity contribution in [1.29, 1.82) is 0 Å². The van der Waals surface area contributed by atoms with E-state index in [1.54, 1.807) is 25.6 Å². The third-order valence-electron chi connectivity index (χ3n) is 3.71. The zero-order valence-electron chi connectivity index (χ0n) is 10.8. The van der Waals surface area contributed by atoms with E-state index in [-0.39, 0.29) is 24.8 Å². The Morgan fingerprint density at radius 3 is 1.94 bits per heavy atom. The molecular weight excluding hydrogens is 330 g/mol. The summed E-state index contributed by atoms with van der Waals surface area (Å²) >= 11 is -0.410. The summed E-state index contributed by atoms with van der Waals surface area (Å²) in [6, 6.07) is 0. The van der Waals surface area contributed by atoms with E-state index in [9.17, 15) is 0 Å². The molecule has 0 fully saturated rings. The van der Waals surface area contributed by atoms with Crippen molar-refractivity contribution in [3.05, 3.63) is 43.8 Å². The molecule has 0 aromatic rings. The van der Waals surface area contributed by atoms with Crippen LogP contribution in [0.4, 0.5) is 0 Å². The van der Waals surface area contributed by atoms with E-state index < -0.39 is 23.2 Å². The first-order chi connectivity index (χ1) is 7.11.